The Morgan fingerprint density at radius 3 is 3.20 bits per heavy atom. The molecule has 0 unspecified atom stereocenters. The largest absolute Gasteiger partial charge is 0.308 e. The van der Waals surface area contributed by atoms with E-state index in [0.717, 1.165) is 12.5 Å². The van der Waals surface area contributed by atoms with Gasteiger partial charge >= 0.3 is 0 Å². The van der Waals surface area contributed by atoms with Crippen LogP contribution in [0.3, 0.4) is 0 Å². The Kier molecular flexibility index (Phi) is 2.45. The first-order valence-electron chi connectivity index (χ1n) is 6.12. The van der Waals surface area contributed by atoms with Gasteiger partial charge in [0.2, 0.25) is 0 Å². The topological polar surface area (TPSA) is 24.9 Å². The maximum Gasteiger partial charge on any atom is 0.0607 e. The van der Waals surface area contributed by atoms with Crippen molar-refractivity contribution in [1.82, 2.24) is 10.3 Å². The Hall–Kier alpha value is -0.890. The number of fused-ring (bicyclic) bond motifs is 3. The molecule has 1 fully saturated rings. The Balaban J connectivity index is 1.99. The van der Waals surface area contributed by atoms with Gasteiger partial charge in [0.1, 0.15) is 0 Å². The molecule has 3 rings (SSSR count). The van der Waals surface area contributed by atoms with Gasteiger partial charge in [0, 0.05) is 6.20 Å². The van der Waals surface area contributed by atoms with E-state index in [1.807, 2.05) is 6.20 Å². The lowest BCUT2D eigenvalue weighted by Gasteiger charge is -2.31. The predicted octanol–water partition coefficient (Wildman–Crippen LogP) is 2.46. The van der Waals surface area contributed by atoms with E-state index in [0.29, 0.717) is 6.04 Å². The molecule has 2 nitrogen and oxygen atoms in total. The van der Waals surface area contributed by atoms with E-state index < -0.39 is 0 Å². The van der Waals surface area contributed by atoms with Crippen LogP contribution in [-0.2, 0) is 6.42 Å². The lowest BCUT2D eigenvalue weighted by molar-refractivity contribution is 0.268. The van der Waals surface area contributed by atoms with Gasteiger partial charge in [-0.2, -0.15) is 0 Å². The van der Waals surface area contributed by atoms with Crippen LogP contribution in [-0.4, -0.2) is 11.5 Å². The van der Waals surface area contributed by atoms with Crippen molar-refractivity contribution in [3.8, 4) is 0 Å². The summed E-state index contributed by atoms with van der Waals surface area (Å²) in [5.41, 5.74) is 2.80. The summed E-state index contributed by atoms with van der Waals surface area (Å²) in [6.45, 7) is 1.16. The van der Waals surface area contributed by atoms with Crippen molar-refractivity contribution in [3.63, 3.8) is 0 Å². The van der Waals surface area contributed by atoms with Crippen LogP contribution in [0, 0.1) is 5.92 Å². The van der Waals surface area contributed by atoms with Crippen molar-refractivity contribution in [3.05, 3.63) is 29.6 Å². The summed E-state index contributed by atoms with van der Waals surface area (Å²) < 4.78 is 0. The molecule has 2 aliphatic rings. The van der Waals surface area contributed by atoms with Crippen molar-refractivity contribution >= 4 is 0 Å². The van der Waals surface area contributed by atoms with Gasteiger partial charge < -0.3 is 5.32 Å². The molecular weight excluding hydrogens is 184 g/mol. The Morgan fingerprint density at radius 1 is 1.27 bits per heavy atom. The fraction of sp³-hybridized carbons (Fsp3) is 0.615. The summed E-state index contributed by atoms with van der Waals surface area (Å²) in [5, 5.41) is 3.65. The summed E-state index contributed by atoms with van der Waals surface area (Å²) in [5.74, 6) is 0.829. The third-order valence-electron chi connectivity index (χ3n) is 3.83. The lowest BCUT2D eigenvalue weighted by atomic mass is 9.86. The number of hydrogen-bond acceptors (Lipinski definition) is 2. The number of hydrogen-bond donors (Lipinski definition) is 1. The van der Waals surface area contributed by atoms with Gasteiger partial charge in [-0.25, -0.2) is 0 Å². The minimum absolute atomic E-state index is 0.539. The molecule has 0 radical (unpaired) electrons. The van der Waals surface area contributed by atoms with Crippen LogP contribution < -0.4 is 5.32 Å². The number of aromatic nitrogens is 1. The van der Waals surface area contributed by atoms with Crippen LogP contribution in [0.5, 0.6) is 0 Å². The zero-order valence-corrected chi connectivity index (χ0v) is 9.08. The van der Waals surface area contributed by atoms with E-state index in [1.54, 1.807) is 0 Å². The number of aryl methyl sites for hydroxylation is 1. The molecule has 0 bridgehead atoms. The summed E-state index contributed by atoms with van der Waals surface area (Å²) in [6.07, 6.45) is 8.59. The molecule has 1 N–H and O–H groups in total. The molecular formula is C13H18N2. The molecule has 15 heavy (non-hydrogen) atoms. The van der Waals surface area contributed by atoms with Crippen LogP contribution in [0.25, 0.3) is 0 Å². The molecule has 2 heteroatoms. The minimum atomic E-state index is 0.539. The molecule has 0 saturated carbocycles. The summed E-state index contributed by atoms with van der Waals surface area (Å²) in [7, 11) is 0. The van der Waals surface area contributed by atoms with Crippen LogP contribution in [0.2, 0.25) is 0 Å². The van der Waals surface area contributed by atoms with Gasteiger partial charge in [-0.05, 0) is 56.2 Å². The van der Waals surface area contributed by atoms with Crippen molar-refractivity contribution in [1.29, 1.82) is 0 Å². The first-order chi connectivity index (χ1) is 7.45. The lowest BCUT2D eigenvalue weighted by Crippen LogP contribution is -2.34. The van der Waals surface area contributed by atoms with Crippen molar-refractivity contribution in [2.45, 2.75) is 38.1 Å². The average molecular weight is 202 g/mol. The fourth-order valence-corrected chi connectivity index (χ4v) is 3.08. The molecule has 1 aliphatic heterocycles. The van der Waals surface area contributed by atoms with E-state index in [2.05, 4.69) is 22.4 Å². The molecule has 0 amide bonds. The SMILES string of the molecule is c1cnc2c(c1)CCC[C@@H]1CCCN[C@H]21. The van der Waals surface area contributed by atoms with E-state index in [-0.39, 0.29) is 0 Å². The van der Waals surface area contributed by atoms with E-state index in [9.17, 15) is 0 Å². The number of rotatable bonds is 0. The monoisotopic (exact) mass is 202 g/mol. The maximum atomic E-state index is 4.60. The van der Waals surface area contributed by atoms with Crippen molar-refractivity contribution < 1.29 is 0 Å². The van der Waals surface area contributed by atoms with Crippen molar-refractivity contribution in [2.24, 2.45) is 5.92 Å². The Labute approximate surface area is 91.1 Å². The van der Waals surface area contributed by atoms with Gasteiger partial charge in [0.25, 0.3) is 0 Å². The molecule has 1 aromatic heterocycles. The van der Waals surface area contributed by atoms with E-state index >= 15 is 0 Å². The Bertz CT molecular complexity index is 348. The molecule has 1 aliphatic carbocycles. The third-order valence-corrected chi connectivity index (χ3v) is 3.83. The smallest absolute Gasteiger partial charge is 0.0607 e. The van der Waals surface area contributed by atoms with Crippen LogP contribution in [0.15, 0.2) is 18.3 Å². The van der Waals surface area contributed by atoms with Crippen LogP contribution in [0.4, 0.5) is 0 Å². The van der Waals surface area contributed by atoms with Gasteiger partial charge in [0.15, 0.2) is 0 Å². The van der Waals surface area contributed by atoms with E-state index in [1.165, 1.54) is 43.4 Å². The quantitative estimate of drug-likeness (QED) is 0.699. The molecule has 1 aromatic rings. The number of pyridine rings is 1. The van der Waals surface area contributed by atoms with Gasteiger partial charge in [0.05, 0.1) is 11.7 Å². The van der Waals surface area contributed by atoms with Gasteiger partial charge in [-0.1, -0.05) is 6.07 Å². The number of nitrogens with zero attached hydrogens (tertiary/aromatic N) is 1. The van der Waals surface area contributed by atoms with Gasteiger partial charge in [-0.15, -0.1) is 0 Å². The molecule has 80 valence electrons. The van der Waals surface area contributed by atoms with Crippen LogP contribution in [0.1, 0.15) is 43.0 Å². The molecule has 0 aromatic carbocycles. The fourth-order valence-electron chi connectivity index (χ4n) is 3.08. The number of nitrogens with one attached hydrogen (secondary N) is 1. The highest BCUT2D eigenvalue weighted by molar-refractivity contribution is 5.25. The summed E-state index contributed by atoms with van der Waals surface area (Å²) >= 11 is 0. The highest BCUT2D eigenvalue weighted by atomic mass is 15.0. The normalized spacial score (nSPS) is 30.1. The van der Waals surface area contributed by atoms with Gasteiger partial charge in [-0.3, -0.25) is 4.98 Å². The first-order valence-corrected chi connectivity index (χ1v) is 6.12. The minimum Gasteiger partial charge on any atom is -0.308 e. The summed E-state index contributed by atoms with van der Waals surface area (Å²) in [4.78, 5) is 4.60. The second-order valence-corrected chi connectivity index (χ2v) is 4.77. The molecule has 1 saturated heterocycles. The number of piperidine rings is 1. The standard InChI is InChI=1S/C13H18N2/c1-4-10-6-2-8-14-12(10)13-11(5-1)7-3-9-15-13/h2,6,8,11,13,15H,1,3-5,7,9H2/t11-,13+/m1/s1. The molecule has 2 atom stereocenters. The summed E-state index contributed by atoms with van der Waals surface area (Å²) in [6, 6.07) is 4.86. The first kappa shape index (κ1) is 9.34. The maximum absolute atomic E-state index is 4.60. The third kappa shape index (κ3) is 1.67. The molecule has 2 heterocycles. The highest BCUT2D eigenvalue weighted by Gasteiger charge is 2.30. The van der Waals surface area contributed by atoms with Crippen molar-refractivity contribution in [2.75, 3.05) is 6.54 Å². The molecule has 0 spiro atoms. The Morgan fingerprint density at radius 2 is 2.20 bits per heavy atom. The predicted molar refractivity (Wildman–Crippen MR) is 60.6 cm³/mol. The zero-order chi connectivity index (χ0) is 10.1. The second kappa shape index (κ2) is 3.93. The van der Waals surface area contributed by atoms with Crippen LogP contribution >= 0.6 is 0 Å². The highest BCUT2D eigenvalue weighted by Crippen LogP contribution is 2.36. The average Bonchev–Trinajstić information content (AvgIpc) is 2.48. The second-order valence-electron chi connectivity index (χ2n) is 4.77. The van der Waals surface area contributed by atoms with E-state index in [4.69, 9.17) is 0 Å². The zero-order valence-electron chi connectivity index (χ0n) is 9.08.